The highest BCUT2D eigenvalue weighted by molar-refractivity contribution is 7.07. The van der Waals surface area contributed by atoms with Gasteiger partial charge in [-0.1, -0.05) is 24.3 Å². The summed E-state index contributed by atoms with van der Waals surface area (Å²) in [5.41, 5.74) is 3.53. The van der Waals surface area contributed by atoms with E-state index < -0.39 is 0 Å². The standard InChI is InChI=1S/C18H20N2OS/c21-17-18(10-15-4-1-2-5-16(15)11-19-17)7-3-8-20(18)12-14-6-9-22-13-14/h1-2,4-6,9,13H,3,7-8,10-12H2,(H,19,21). The fourth-order valence-electron chi connectivity index (χ4n) is 3.86. The van der Waals surface area contributed by atoms with E-state index in [0.717, 1.165) is 32.4 Å². The maximum absolute atomic E-state index is 12.9. The van der Waals surface area contributed by atoms with Crippen LogP contribution in [0.25, 0.3) is 0 Å². The second-order valence-corrected chi connectivity index (χ2v) is 7.10. The highest BCUT2D eigenvalue weighted by Crippen LogP contribution is 2.36. The van der Waals surface area contributed by atoms with Crippen LogP contribution >= 0.6 is 11.3 Å². The van der Waals surface area contributed by atoms with Crippen molar-refractivity contribution >= 4 is 17.2 Å². The van der Waals surface area contributed by atoms with Gasteiger partial charge in [-0.15, -0.1) is 0 Å². The van der Waals surface area contributed by atoms with E-state index in [-0.39, 0.29) is 11.4 Å². The summed E-state index contributed by atoms with van der Waals surface area (Å²) in [4.78, 5) is 15.3. The molecule has 1 N–H and O–H groups in total. The third-order valence-electron chi connectivity index (χ3n) is 5.04. The van der Waals surface area contributed by atoms with Crippen molar-refractivity contribution < 1.29 is 4.79 Å². The normalized spacial score (nSPS) is 25.0. The van der Waals surface area contributed by atoms with Crippen LogP contribution in [0.5, 0.6) is 0 Å². The fraction of sp³-hybridized carbons (Fsp3) is 0.389. The number of likely N-dealkylation sites (tertiary alicyclic amines) is 1. The van der Waals surface area contributed by atoms with Gasteiger partial charge in [-0.2, -0.15) is 11.3 Å². The van der Waals surface area contributed by atoms with E-state index >= 15 is 0 Å². The molecule has 0 aliphatic carbocycles. The van der Waals surface area contributed by atoms with Crippen LogP contribution < -0.4 is 5.32 Å². The molecular formula is C18H20N2OS. The fourth-order valence-corrected chi connectivity index (χ4v) is 4.52. The summed E-state index contributed by atoms with van der Waals surface area (Å²) in [6, 6.07) is 10.6. The topological polar surface area (TPSA) is 32.3 Å². The molecule has 22 heavy (non-hydrogen) atoms. The van der Waals surface area contributed by atoms with Crippen LogP contribution in [0, 0.1) is 0 Å². The number of carbonyl (C=O) groups excluding carboxylic acids is 1. The zero-order valence-corrected chi connectivity index (χ0v) is 13.4. The first-order chi connectivity index (χ1) is 10.8. The molecule has 2 aliphatic rings. The van der Waals surface area contributed by atoms with Gasteiger partial charge in [0.1, 0.15) is 5.54 Å². The highest BCUT2D eigenvalue weighted by atomic mass is 32.1. The minimum atomic E-state index is -0.367. The van der Waals surface area contributed by atoms with Crippen LogP contribution in [0.1, 0.15) is 29.5 Å². The molecule has 1 aromatic carbocycles. The first-order valence-corrected chi connectivity index (χ1v) is 8.83. The Morgan fingerprint density at radius 2 is 2.09 bits per heavy atom. The van der Waals surface area contributed by atoms with E-state index in [9.17, 15) is 4.79 Å². The molecule has 0 bridgehead atoms. The van der Waals surface area contributed by atoms with Crippen LogP contribution in [0.2, 0.25) is 0 Å². The van der Waals surface area contributed by atoms with Gasteiger partial charge in [0.2, 0.25) is 5.91 Å². The van der Waals surface area contributed by atoms with Crippen molar-refractivity contribution in [2.24, 2.45) is 0 Å². The number of thiophene rings is 1. The minimum Gasteiger partial charge on any atom is -0.350 e. The van der Waals surface area contributed by atoms with Gasteiger partial charge in [-0.25, -0.2) is 0 Å². The van der Waals surface area contributed by atoms with E-state index in [0.29, 0.717) is 6.54 Å². The average molecular weight is 312 g/mol. The molecule has 1 aromatic heterocycles. The maximum Gasteiger partial charge on any atom is 0.241 e. The molecular weight excluding hydrogens is 292 g/mol. The number of hydrogen-bond acceptors (Lipinski definition) is 3. The van der Waals surface area contributed by atoms with Gasteiger partial charge >= 0.3 is 0 Å². The third kappa shape index (κ3) is 2.27. The van der Waals surface area contributed by atoms with Crippen LogP contribution in [0.15, 0.2) is 41.1 Å². The van der Waals surface area contributed by atoms with Gasteiger partial charge in [0, 0.05) is 19.5 Å². The Hall–Kier alpha value is -1.65. The number of nitrogens with zero attached hydrogens (tertiary/aromatic N) is 1. The Morgan fingerprint density at radius 3 is 2.91 bits per heavy atom. The van der Waals surface area contributed by atoms with E-state index in [4.69, 9.17) is 0 Å². The molecule has 1 amide bonds. The summed E-state index contributed by atoms with van der Waals surface area (Å²) in [5.74, 6) is 0.205. The molecule has 1 unspecified atom stereocenters. The Kier molecular flexibility index (Phi) is 3.51. The van der Waals surface area contributed by atoms with Crippen LogP contribution in [0.4, 0.5) is 0 Å². The van der Waals surface area contributed by atoms with Crippen molar-refractivity contribution in [3.8, 4) is 0 Å². The largest absolute Gasteiger partial charge is 0.350 e. The lowest BCUT2D eigenvalue weighted by Crippen LogP contribution is -2.55. The molecule has 3 heterocycles. The van der Waals surface area contributed by atoms with Crippen LogP contribution in [-0.2, 0) is 24.3 Å². The second kappa shape index (κ2) is 5.52. The number of benzene rings is 1. The third-order valence-corrected chi connectivity index (χ3v) is 5.77. The maximum atomic E-state index is 12.9. The Balaban J connectivity index is 1.69. The van der Waals surface area contributed by atoms with Gasteiger partial charge < -0.3 is 5.32 Å². The molecule has 3 nitrogen and oxygen atoms in total. The molecule has 1 atom stereocenters. The molecule has 4 rings (SSSR count). The van der Waals surface area contributed by atoms with E-state index in [1.54, 1.807) is 11.3 Å². The number of nitrogens with one attached hydrogen (secondary N) is 1. The Bertz CT molecular complexity index is 682. The quantitative estimate of drug-likeness (QED) is 0.924. The molecule has 2 aliphatic heterocycles. The molecule has 0 radical (unpaired) electrons. The van der Waals surface area contributed by atoms with E-state index in [1.807, 2.05) is 0 Å². The first kappa shape index (κ1) is 14.0. The lowest BCUT2D eigenvalue weighted by molar-refractivity contribution is -0.132. The Labute approximate surface area is 135 Å². The molecule has 1 saturated heterocycles. The molecule has 1 spiro atoms. The van der Waals surface area contributed by atoms with Gasteiger partial charge in [-0.3, -0.25) is 9.69 Å². The summed E-state index contributed by atoms with van der Waals surface area (Å²) in [6.07, 6.45) is 2.89. The molecule has 114 valence electrons. The van der Waals surface area contributed by atoms with Crippen molar-refractivity contribution in [2.75, 3.05) is 6.54 Å². The van der Waals surface area contributed by atoms with Crippen molar-refractivity contribution in [1.29, 1.82) is 0 Å². The highest BCUT2D eigenvalue weighted by Gasteiger charge is 2.48. The zero-order chi connectivity index (χ0) is 15.0. The predicted molar refractivity (Wildman–Crippen MR) is 88.7 cm³/mol. The van der Waals surface area contributed by atoms with Crippen LogP contribution in [-0.4, -0.2) is 22.9 Å². The second-order valence-electron chi connectivity index (χ2n) is 6.32. The summed E-state index contributed by atoms with van der Waals surface area (Å²) in [7, 11) is 0. The monoisotopic (exact) mass is 312 g/mol. The lowest BCUT2D eigenvalue weighted by Gasteiger charge is -2.36. The van der Waals surface area contributed by atoms with Gasteiger partial charge in [0.05, 0.1) is 0 Å². The molecule has 4 heteroatoms. The van der Waals surface area contributed by atoms with Crippen molar-refractivity contribution in [3.63, 3.8) is 0 Å². The van der Waals surface area contributed by atoms with Crippen molar-refractivity contribution in [1.82, 2.24) is 10.2 Å². The summed E-state index contributed by atoms with van der Waals surface area (Å²) in [5, 5.41) is 7.47. The molecule has 2 aromatic rings. The van der Waals surface area contributed by atoms with Gasteiger partial charge in [0.15, 0.2) is 0 Å². The summed E-state index contributed by atoms with van der Waals surface area (Å²) >= 11 is 1.72. The van der Waals surface area contributed by atoms with Gasteiger partial charge in [0.25, 0.3) is 0 Å². The van der Waals surface area contributed by atoms with Crippen LogP contribution in [0.3, 0.4) is 0 Å². The smallest absolute Gasteiger partial charge is 0.241 e. The summed E-state index contributed by atoms with van der Waals surface area (Å²) in [6.45, 7) is 2.54. The molecule has 0 saturated carbocycles. The predicted octanol–water partition coefficient (Wildman–Crippen LogP) is 2.96. The van der Waals surface area contributed by atoms with Crippen molar-refractivity contribution in [2.45, 2.75) is 37.9 Å². The van der Waals surface area contributed by atoms with Gasteiger partial charge in [-0.05, 0) is 52.9 Å². The first-order valence-electron chi connectivity index (χ1n) is 7.89. The number of rotatable bonds is 2. The number of amides is 1. The molecule has 1 fully saturated rings. The summed E-state index contributed by atoms with van der Waals surface area (Å²) < 4.78 is 0. The SMILES string of the molecule is O=C1NCc2ccccc2CC12CCCN2Cc1ccsc1. The average Bonchev–Trinajstić information content (AvgIpc) is 3.14. The number of fused-ring (bicyclic) bond motifs is 1. The minimum absolute atomic E-state index is 0.205. The Morgan fingerprint density at radius 1 is 1.23 bits per heavy atom. The number of hydrogen-bond donors (Lipinski definition) is 1. The lowest BCUT2D eigenvalue weighted by atomic mass is 9.86. The van der Waals surface area contributed by atoms with E-state index in [1.165, 1.54) is 16.7 Å². The van der Waals surface area contributed by atoms with E-state index in [2.05, 4.69) is 51.3 Å². The van der Waals surface area contributed by atoms with Crippen molar-refractivity contribution in [3.05, 3.63) is 57.8 Å². The number of carbonyl (C=O) groups is 1. The zero-order valence-electron chi connectivity index (χ0n) is 12.5.